The lowest BCUT2D eigenvalue weighted by atomic mass is 10.2. The van der Waals surface area contributed by atoms with Crippen LogP contribution in [0.2, 0.25) is 5.02 Å². The van der Waals surface area contributed by atoms with Gasteiger partial charge in [-0.2, -0.15) is 0 Å². The number of thioether (sulfide) groups is 1. The highest BCUT2D eigenvalue weighted by atomic mass is 35.5. The molecule has 0 fully saturated rings. The van der Waals surface area contributed by atoms with Crippen LogP contribution in [0.1, 0.15) is 12.5 Å². The van der Waals surface area contributed by atoms with E-state index in [0.29, 0.717) is 16.3 Å². The second-order valence-electron chi connectivity index (χ2n) is 5.77. The SMILES string of the molecule is C=CCNS(=O)(=O)Cc1ccc(NC(=O)C(C)Sc2ccccc2Cl)cc1. The van der Waals surface area contributed by atoms with E-state index in [0.717, 1.165) is 4.90 Å². The van der Waals surface area contributed by atoms with Gasteiger partial charge in [0.25, 0.3) is 0 Å². The Morgan fingerprint density at radius 1 is 1.22 bits per heavy atom. The number of nitrogens with one attached hydrogen (secondary N) is 2. The monoisotopic (exact) mass is 424 g/mol. The van der Waals surface area contributed by atoms with Gasteiger partial charge in [0.15, 0.2) is 0 Å². The van der Waals surface area contributed by atoms with Crippen LogP contribution >= 0.6 is 23.4 Å². The van der Waals surface area contributed by atoms with Gasteiger partial charge in [0.05, 0.1) is 16.0 Å². The van der Waals surface area contributed by atoms with E-state index in [1.54, 1.807) is 37.3 Å². The highest BCUT2D eigenvalue weighted by Gasteiger charge is 2.16. The Labute approximate surface area is 169 Å². The lowest BCUT2D eigenvalue weighted by Gasteiger charge is -2.13. The average molecular weight is 425 g/mol. The minimum Gasteiger partial charge on any atom is -0.325 e. The smallest absolute Gasteiger partial charge is 0.237 e. The maximum atomic E-state index is 12.4. The first kappa shape index (κ1) is 21.5. The van der Waals surface area contributed by atoms with Gasteiger partial charge in [0.2, 0.25) is 15.9 Å². The normalized spacial score (nSPS) is 12.4. The van der Waals surface area contributed by atoms with E-state index in [1.807, 2.05) is 18.2 Å². The summed E-state index contributed by atoms with van der Waals surface area (Å²) < 4.78 is 26.2. The van der Waals surface area contributed by atoms with Crippen molar-refractivity contribution in [3.63, 3.8) is 0 Å². The van der Waals surface area contributed by atoms with Gasteiger partial charge >= 0.3 is 0 Å². The molecule has 144 valence electrons. The molecule has 0 heterocycles. The van der Waals surface area contributed by atoms with Gasteiger partial charge in [-0.3, -0.25) is 4.79 Å². The zero-order valence-electron chi connectivity index (χ0n) is 14.8. The molecule has 0 radical (unpaired) electrons. The summed E-state index contributed by atoms with van der Waals surface area (Å²) in [5, 5.41) is 3.09. The van der Waals surface area contributed by atoms with Gasteiger partial charge in [-0.15, -0.1) is 18.3 Å². The molecule has 0 spiro atoms. The summed E-state index contributed by atoms with van der Waals surface area (Å²) in [6.45, 7) is 5.47. The van der Waals surface area contributed by atoms with Crippen molar-refractivity contribution < 1.29 is 13.2 Å². The van der Waals surface area contributed by atoms with E-state index in [1.165, 1.54) is 17.8 Å². The highest BCUT2D eigenvalue weighted by Crippen LogP contribution is 2.30. The fraction of sp³-hybridized carbons (Fsp3) is 0.211. The predicted octanol–water partition coefficient (Wildman–Crippen LogP) is 4.06. The van der Waals surface area contributed by atoms with Gasteiger partial charge in [0, 0.05) is 17.1 Å². The number of amides is 1. The number of halogens is 1. The van der Waals surface area contributed by atoms with Crippen molar-refractivity contribution in [1.82, 2.24) is 4.72 Å². The van der Waals surface area contributed by atoms with Crippen LogP contribution in [-0.2, 0) is 20.6 Å². The summed E-state index contributed by atoms with van der Waals surface area (Å²) in [6.07, 6.45) is 1.48. The molecule has 8 heteroatoms. The second kappa shape index (κ2) is 9.94. The van der Waals surface area contributed by atoms with Crippen molar-refractivity contribution in [3.8, 4) is 0 Å². The molecule has 0 aliphatic heterocycles. The van der Waals surface area contributed by atoms with Crippen LogP contribution in [0, 0.1) is 0 Å². The van der Waals surface area contributed by atoms with Gasteiger partial charge < -0.3 is 5.32 Å². The lowest BCUT2D eigenvalue weighted by Crippen LogP contribution is -2.25. The number of rotatable bonds is 9. The summed E-state index contributed by atoms with van der Waals surface area (Å²) in [7, 11) is -3.41. The third-order valence-electron chi connectivity index (χ3n) is 3.54. The molecule has 0 saturated carbocycles. The molecule has 0 saturated heterocycles. The zero-order valence-corrected chi connectivity index (χ0v) is 17.2. The highest BCUT2D eigenvalue weighted by molar-refractivity contribution is 8.00. The zero-order chi connectivity index (χ0) is 19.9. The van der Waals surface area contributed by atoms with Gasteiger partial charge in [0.1, 0.15) is 0 Å². The Balaban J connectivity index is 1.94. The minimum absolute atomic E-state index is 0.131. The van der Waals surface area contributed by atoms with E-state index < -0.39 is 10.0 Å². The molecule has 1 amide bonds. The van der Waals surface area contributed by atoms with Crippen LogP contribution in [0.3, 0.4) is 0 Å². The molecule has 2 rings (SSSR count). The number of hydrogen-bond acceptors (Lipinski definition) is 4. The number of benzene rings is 2. The summed E-state index contributed by atoms with van der Waals surface area (Å²) in [5.74, 6) is -0.290. The van der Waals surface area contributed by atoms with Gasteiger partial charge in [-0.1, -0.05) is 41.9 Å². The second-order valence-corrected chi connectivity index (χ2v) is 9.37. The molecule has 1 unspecified atom stereocenters. The van der Waals surface area contributed by atoms with Crippen LogP contribution in [0.15, 0.2) is 66.1 Å². The summed E-state index contributed by atoms with van der Waals surface area (Å²) in [4.78, 5) is 13.2. The molecule has 0 aliphatic carbocycles. The van der Waals surface area contributed by atoms with Crippen LogP contribution < -0.4 is 10.0 Å². The molecule has 0 aliphatic rings. The number of carbonyl (C=O) groups is 1. The maximum Gasteiger partial charge on any atom is 0.237 e. The molecule has 2 aromatic rings. The number of hydrogen-bond donors (Lipinski definition) is 2. The van der Waals surface area contributed by atoms with Crippen LogP contribution in [0.4, 0.5) is 5.69 Å². The standard InChI is InChI=1S/C19H21ClN2O3S2/c1-3-12-21-27(24,25)13-15-8-10-16(11-9-15)22-19(23)14(2)26-18-7-5-4-6-17(18)20/h3-11,14,21H,1,12-13H2,2H3,(H,22,23). The summed E-state index contributed by atoms with van der Waals surface area (Å²) in [5.41, 5.74) is 1.23. The number of carbonyl (C=O) groups excluding carboxylic acids is 1. The first-order valence-electron chi connectivity index (χ1n) is 8.20. The average Bonchev–Trinajstić information content (AvgIpc) is 2.63. The fourth-order valence-corrected chi connectivity index (χ4v) is 4.43. The van der Waals surface area contributed by atoms with Crippen molar-refractivity contribution in [2.24, 2.45) is 0 Å². The molecule has 1 atom stereocenters. The molecule has 0 bridgehead atoms. The fourth-order valence-electron chi connectivity index (χ4n) is 2.17. The molecular formula is C19H21ClN2O3S2. The lowest BCUT2D eigenvalue weighted by molar-refractivity contribution is -0.115. The van der Waals surface area contributed by atoms with E-state index in [-0.39, 0.29) is 23.5 Å². The Morgan fingerprint density at radius 2 is 1.89 bits per heavy atom. The van der Waals surface area contributed by atoms with Crippen molar-refractivity contribution in [1.29, 1.82) is 0 Å². The first-order valence-corrected chi connectivity index (χ1v) is 11.1. The quantitative estimate of drug-likeness (QED) is 0.470. The van der Waals surface area contributed by atoms with E-state index in [4.69, 9.17) is 11.6 Å². The van der Waals surface area contributed by atoms with E-state index in [9.17, 15) is 13.2 Å². The largest absolute Gasteiger partial charge is 0.325 e. The summed E-state index contributed by atoms with van der Waals surface area (Å²) >= 11 is 7.50. The van der Waals surface area contributed by atoms with Crippen molar-refractivity contribution in [3.05, 3.63) is 71.8 Å². The van der Waals surface area contributed by atoms with E-state index >= 15 is 0 Å². The van der Waals surface area contributed by atoms with Crippen molar-refractivity contribution >= 4 is 45.0 Å². The van der Waals surface area contributed by atoms with Crippen LogP contribution in [0.25, 0.3) is 0 Å². The third-order valence-corrected chi connectivity index (χ3v) is 6.47. The number of anilines is 1. The first-order chi connectivity index (χ1) is 12.8. The predicted molar refractivity (Wildman–Crippen MR) is 113 cm³/mol. The van der Waals surface area contributed by atoms with Crippen LogP contribution in [0.5, 0.6) is 0 Å². The minimum atomic E-state index is -3.41. The third kappa shape index (κ3) is 7.03. The Morgan fingerprint density at radius 3 is 2.52 bits per heavy atom. The Hall–Kier alpha value is -1.80. The molecule has 0 aromatic heterocycles. The Kier molecular flexibility index (Phi) is 7.91. The van der Waals surface area contributed by atoms with E-state index in [2.05, 4.69) is 16.6 Å². The van der Waals surface area contributed by atoms with Gasteiger partial charge in [-0.05, 0) is 36.8 Å². The molecule has 2 N–H and O–H groups in total. The van der Waals surface area contributed by atoms with Crippen LogP contribution in [-0.4, -0.2) is 26.1 Å². The van der Waals surface area contributed by atoms with Gasteiger partial charge in [-0.25, -0.2) is 13.1 Å². The summed E-state index contributed by atoms with van der Waals surface area (Å²) in [6, 6.07) is 14.1. The maximum absolute atomic E-state index is 12.4. The van der Waals surface area contributed by atoms with Crippen molar-refractivity contribution in [2.75, 3.05) is 11.9 Å². The van der Waals surface area contributed by atoms with Crippen molar-refractivity contribution in [2.45, 2.75) is 22.8 Å². The molecule has 2 aromatic carbocycles. The Bertz CT molecular complexity index is 899. The molecule has 5 nitrogen and oxygen atoms in total. The number of sulfonamides is 1. The molecule has 27 heavy (non-hydrogen) atoms. The molecular weight excluding hydrogens is 404 g/mol. The topological polar surface area (TPSA) is 75.3 Å².